The number of methoxy groups -OCH3 is 2. The molecule has 0 amide bonds. The third-order valence-electron chi connectivity index (χ3n) is 5.70. The first-order valence-corrected chi connectivity index (χ1v) is 10.5. The van der Waals surface area contributed by atoms with Crippen molar-refractivity contribution in [2.75, 3.05) is 19.5 Å². The molecule has 0 aliphatic heterocycles. The molecule has 0 fully saturated rings. The van der Waals surface area contributed by atoms with E-state index in [1.165, 1.54) is 38.5 Å². The average Bonchev–Trinajstić information content (AvgIpc) is 2.83. The Morgan fingerprint density at radius 3 is 2.17 bits per heavy atom. The van der Waals surface area contributed by atoms with Crippen molar-refractivity contribution in [2.45, 2.75) is 13.0 Å². The van der Waals surface area contributed by atoms with Crippen LogP contribution >= 0.6 is 0 Å². The van der Waals surface area contributed by atoms with Crippen LogP contribution in [-0.4, -0.2) is 35.5 Å². The summed E-state index contributed by atoms with van der Waals surface area (Å²) in [6, 6.07) is 12.8. The van der Waals surface area contributed by atoms with Crippen LogP contribution in [0.1, 0.15) is 33.1 Å². The minimum absolute atomic E-state index is 0.106. The maximum atomic E-state index is 12.2. The molecule has 0 aliphatic rings. The van der Waals surface area contributed by atoms with Gasteiger partial charge >= 0.3 is 11.6 Å². The first-order valence-electron chi connectivity index (χ1n) is 10.5. The zero-order valence-electron chi connectivity index (χ0n) is 19.2. The highest BCUT2D eigenvalue weighted by Crippen LogP contribution is 2.44. The summed E-state index contributed by atoms with van der Waals surface area (Å²) >= 11 is 0. The van der Waals surface area contributed by atoms with E-state index in [1.807, 2.05) is 0 Å². The molecule has 35 heavy (non-hydrogen) atoms. The van der Waals surface area contributed by atoms with Crippen molar-refractivity contribution < 1.29 is 34.0 Å². The van der Waals surface area contributed by atoms with Crippen molar-refractivity contribution in [1.82, 2.24) is 0 Å². The molecule has 0 saturated heterocycles. The monoisotopic (exact) mass is 477 g/mol. The third kappa shape index (κ3) is 4.43. The summed E-state index contributed by atoms with van der Waals surface area (Å²) in [5, 5.41) is 34.4. The fraction of sp³-hybridized carbons (Fsp3) is 0.154. The highest BCUT2D eigenvalue weighted by atomic mass is 16.5. The number of nitrogens with one attached hydrogen (secondary N) is 1. The molecule has 0 spiro atoms. The molecule has 0 radical (unpaired) electrons. The maximum absolute atomic E-state index is 12.2. The lowest BCUT2D eigenvalue weighted by atomic mass is 9.94. The lowest BCUT2D eigenvalue weighted by molar-refractivity contribution is 0.0697. The topological polar surface area (TPSA) is 138 Å². The molecule has 1 heterocycles. The van der Waals surface area contributed by atoms with Gasteiger partial charge in [-0.3, -0.25) is 0 Å². The first-order chi connectivity index (χ1) is 16.7. The van der Waals surface area contributed by atoms with Crippen molar-refractivity contribution in [3.63, 3.8) is 0 Å². The largest absolute Gasteiger partial charge is 0.507 e. The molecule has 0 aliphatic carbocycles. The second-order valence-corrected chi connectivity index (χ2v) is 7.86. The number of rotatable bonds is 7. The van der Waals surface area contributed by atoms with Crippen molar-refractivity contribution in [3.8, 4) is 23.0 Å². The van der Waals surface area contributed by atoms with Gasteiger partial charge in [-0.05, 0) is 66.6 Å². The number of hydrogen-bond acceptors (Lipinski definition) is 8. The predicted molar refractivity (Wildman–Crippen MR) is 129 cm³/mol. The van der Waals surface area contributed by atoms with Gasteiger partial charge in [-0.1, -0.05) is 0 Å². The molecule has 9 heteroatoms. The molecule has 180 valence electrons. The lowest BCUT2D eigenvalue weighted by Crippen LogP contribution is -2.15. The Morgan fingerprint density at radius 2 is 1.60 bits per heavy atom. The highest BCUT2D eigenvalue weighted by Gasteiger charge is 2.26. The van der Waals surface area contributed by atoms with Gasteiger partial charge in [0, 0.05) is 17.1 Å². The van der Waals surface area contributed by atoms with Gasteiger partial charge in [0.15, 0.2) is 11.5 Å². The van der Waals surface area contributed by atoms with E-state index in [1.54, 1.807) is 37.3 Å². The number of carboxylic acids is 1. The molecule has 4 N–H and O–H groups in total. The van der Waals surface area contributed by atoms with Crippen molar-refractivity contribution in [1.29, 1.82) is 0 Å². The molecule has 3 aromatic carbocycles. The van der Waals surface area contributed by atoms with Crippen molar-refractivity contribution in [3.05, 3.63) is 87.3 Å². The zero-order valence-corrected chi connectivity index (χ0v) is 19.2. The minimum atomic E-state index is -1.06. The summed E-state index contributed by atoms with van der Waals surface area (Å²) in [5.41, 5.74) is 1.68. The molecule has 1 aromatic heterocycles. The van der Waals surface area contributed by atoms with Crippen molar-refractivity contribution >= 4 is 22.6 Å². The van der Waals surface area contributed by atoms with Crippen LogP contribution in [-0.2, 0) is 0 Å². The summed E-state index contributed by atoms with van der Waals surface area (Å²) in [4.78, 5) is 23.5. The summed E-state index contributed by atoms with van der Waals surface area (Å²) in [5.74, 6) is -1.15. The molecule has 1 unspecified atom stereocenters. The van der Waals surface area contributed by atoms with Crippen molar-refractivity contribution in [2.24, 2.45) is 0 Å². The SMILES string of the molecule is COc1cc(C(Nc2ccc(C(=O)O)cc2)c2c(O)ccc3c(C)cc(=O)oc23)cc(OC)c1O. The van der Waals surface area contributed by atoms with Gasteiger partial charge < -0.3 is 34.5 Å². The van der Waals surface area contributed by atoms with E-state index in [0.29, 0.717) is 22.2 Å². The summed E-state index contributed by atoms with van der Waals surface area (Å²) in [6.07, 6.45) is 0. The summed E-state index contributed by atoms with van der Waals surface area (Å²) in [7, 11) is 2.78. The number of hydrogen-bond donors (Lipinski definition) is 4. The van der Waals surface area contributed by atoms with E-state index >= 15 is 0 Å². The Hall–Kier alpha value is -4.66. The predicted octanol–water partition coefficient (Wildman–Crippen LogP) is 4.43. The van der Waals surface area contributed by atoms with E-state index < -0.39 is 17.6 Å². The smallest absolute Gasteiger partial charge is 0.336 e. The fourth-order valence-electron chi connectivity index (χ4n) is 3.95. The maximum Gasteiger partial charge on any atom is 0.336 e. The Balaban J connectivity index is 1.99. The number of phenols is 2. The zero-order chi connectivity index (χ0) is 25.3. The van der Waals surface area contributed by atoms with Gasteiger partial charge in [-0.25, -0.2) is 9.59 Å². The highest BCUT2D eigenvalue weighted by molar-refractivity contribution is 5.88. The van der Waals surface area contributed by atoms with Crippen LogP contribution in [0.2, 0.25) is 0 Å². The van der Waals surface area contributed by atoms with Crippen LogP contribution in [0.25, 0.3) is 11.0 Å². The number of carbonyl (C=O) groups is 1. The molecule has 1 atom stereocenters. The molecule has 0 saturated carbocycles. The third-order valence-corrected chi connectivity index (χ3v) is 5.70. The Bertz CT molecular complexity index is 1450. The number of ether oxygens (including phenoxy) is 2. The van der Waals surface area contributed by atoms with E-state index in [-0.39, 0.29) is 39.7 Å². The summed E-state index contributed by atoms with van der Waals surface area (Å²) < 4.78 is 16.1. The van der Waals surface area contributed by atoms with Crippen LogP contribution < -0.4 is 20.4 Å². The number of aromatic carboxylic acids is 1. The number of fused-ring (bicyclic) bond motifs is 1. The Morgan fingerprint density at radius 1 is 0.971 bits per heavy atom. The lowest BCUT2D eigenvalue weighted by Gasteiger charge is -2.24. The number of carboxylic acid groups (broad SMARTS) is 1. The second kappa shape index (κ2) is 9.30. The van der Waals surface area contributed by atoms with Crippen LogP contribution in [0.15, 0.2) is 63.8 Å². The van der Waals surface area contributed by atoms with Gasteiger partial charge in [0.2, 0.25) is 5.75 Å². The van der Waals surface area contributed by atoms with Crippen LogP contribution in [0.3, 0.4) is 0 Å². The van der Waals surface area contributed by atoms with Gasteiger partial charge in [0.25, 0.3) is 0 Å². The van der Waals surface area contributed by atoms with Gasteiger partial charge in [-0.2, -0.15) is 0 Å². The average molecular weight is 477 g/mol. The van der Waals surface area contributed by atoms with E-state index in [0.717, 1.165) is 0 Å². The number of phenolic OH excluding ortho intramolecular Hbond substituents is 2. The summed E-state index contributed by atoms with van der Waals surface area (Å²) in [6.45, 7) is 1.76. The standard InChI is InChI=1S/C26H23NO8/c1-13-10-21(29)35-25-17(13)8-9-18(28)22(25)23(27-16-6-4-14(5-7-16)26(31)32)15-11-19(33-2)24(30)20(12-15)34-3/h4-12,23,27-28,30H,1-3H3,(H,31,32). The van der Waals surface area contributed by atoms with Crippen LogP contribution in [0.5, 0.6) is 23.0 Å². The van der Waals surface area contributed by atoms with Crippen LogP contribution in [0.4, 0.5) is 5.69 Å². The fourth-order valence-corrected chi connectivity index (χ4v) is 3.95. The molecular weight excluding hydrogens is 454 g/mol. The molecule has 9 nitrogen and oxygen atoms in total. The van der Waals surface area contributed by atoms with E-state index in [9.17, 15) is 24.9 Å². The second-order valence-electron chi connectivity index (χ2n) is 7.86. The first kappa shape index (κ1) is 23.5. The van der Waals surface area contributed by atoms with E-state index in [4.69, 9.17) is 13.9 Å². The minimum Gasteiger partial charge on any atom is -0.507 e. The van der Waals surface area contributed by atoms with Gasteiger partial charge in [0.05, 0.1) is 31.4 Å². The molecule has 0 bridgehead atoms. The molecular formula is C26H23NO8. The van der Waals surface area contributed by atoms with Gasteiger partial charge in [-0.15, -0.1) is 0 Å². The normalized spacial score (nSPS) is 11.7. The number of anilines is 1. The van der Waals surface area contributed by atoms with Gasteiger partial charge in [0.1, 0.15) is 11.3 Å². The number of benzene rings is 3. The molecule has 4 aromatic rings. The molecule has 4 rings (SSSR count). The Labute approximate surface area is 199 Å². The van der Waals surface area contributed by atoms with Crippen LogP contribution in [0, 0.1) is 6.92 Å². The quantitative estimate of drug-likeness (QED) is 0.285. The van der Waals surface area contributed by atoms with E-state index in [2.05, 4.69) is 5.32 Å². The number of aromatic hydroxyl groups is 2. The Kier molecular flexibility index (Phi) is 6.24. The number of aryl methyl sites for hydroxylation is 1.